The van der Waals surface area contributed by atoms with Gasteiger partial charge in [-0.2, -0.15) is 0 Å². The molecule has 3 aromatic rings. The average Bonchev–Trinajstić information content (AvgIpc) is 2.68. The van der Waals surface area contributed by atoms with Crippen LogP contribution < -0.4 is 5.32 Å². The number of esters is 1. The van der Waals surface area contributed by atoms with Gasteiger partial charge in [0, 0.05) is 11.3 Å². The Bertz CT molecular complexity index is 1020. The number of ketones is 1. The van der Waals surface area contributed by atoms with E-state index in [1.54, 1.807) is 24.3 Å². The monoisotopic (exact) mass is 375 g/mol. The summed E-state index contributed by atoms with van der Waals surface area (Å²) in [6, 6.07) is 20.1. The number of amides is 1. The summed E-state index contributed by atoms with van der Waals surface area (Å²) in [6.07, 6.45) is -0.846. The summed E-state index contributed by atoms with van der Waals surface area (Å²) >= 11 is 0. The standard InChI is InChI=1S/C23H21NO4/c1-15(25)17-10-12-20(13-11-17)24-23(27)16(2)28-22(26)14-19-8-5-7-18-6-3-4-9-21(18)19/h3-13,16H,14H2,1-2H3,(H,24,27). The zero-order valence-electron chi connectivity index (χ0n) is 15.8. The highest BCUT2D eigenvalue weighted by atomic mass is 16.5. The molecule has 0 spiro atoms. The van der Waals surface area contributed by atoms with Crippen molar-refractivity contribution in [3.05, 3.63) is 77.9 Å². The van der Waals surface area contributed by atoms with Gasteiger partial charge < -0.3 is 10.1 Å². The van der Waals surface area contributed by atoms with Crippen LogP contribution in [0.1, 0.15) is 29.8 Å². The molecule has 3 aromatic carbocycles. The van der Waals surface area contributed by atoms with Gasteiger partial charge in [-0.15, -0.1) is 0 Å². The van der Waals surface area contributed by atoms with Crippen molar-refractivity contribution in [2.45, 2.75) is 26.4 Å². The predicted molar refractivity (Wildman–Crippen MR) is 108 cm³/mol. The number of ether oxygens (including phenoxy) is 1. The maximum Gasteiger partial charge on any atom is 0.311 e. The molecule has 3 rings (SSSR count). The van der Waals surface area contributed by atoms with Gasteiger partial charge >= 0.3 is 5.97 Å². The summed E-state index contributed by atoms with van der Waals surface area (Å²) in [5.41, 5.74) is 1.95. The molecule has 28 heavy (non-hydrogen) atoms. The molecule has 0 aliphatic carbocycles. The number of Topliss-reactive ketones (excluding diaryl/α,β-unsaturated/α-hetero) is 1. The summed E-state index contributed by atoms with van der Waals surface area (Å²) in [6.45, 7) is 3.01. The van der Waals surface area contributed by atoms with Crippen LogP contribution in [0.2, 0.25) is 0 Å². The molecule has 0 heterocycles. The van der Waals surface area contributed by atoms with Crippen molar-refractivity contribution in [3.63, 3.8) is 0 Å². The smallest absolute Gasteiger partial charge is 0.311 e. The van der Waals surface area contributed by atoms with Gasteiger partial charge in [0.05, 0.1) is 6.42 Å². The van der Waals surface area contributed by atoms with Crippen LogP contribution in [0, 0.1) is 0 Å². The van der Waals surface area contributed by atoms with E-state index in [4.69, 9.17) is 4.74 Å². The summed E-state index contributed by atoms with van der Waals surface area (Å²) in [5, 5.41) is 4.72. The van der Waals surface area contributed by atoms with Crippen molar-refractivity contribution in [1.29, 1.82) is 0 Å². The lowest BCUT2D eigenvalue weighted by molar-refractivity contribution is -0.152. The number of rotatable bonds is 6. The first kappa shape index (κ1) is 19.3. The fourth-order valence-electron chi connectivity index (χ4n) is 2.93. The van der Waals surface area contributed by atoms with Crippen molar-refractivity contribution in [2.24, 2.45) is 0 Å². The Morgan fingerprint density at radius 2 is 1.61 bits per heavy atom. The van der Waals surface area contributed by atoms with Gasteiger partial charge in [-0.3, -0.25) is 14.4 Å². The van der Waals surface area contributed by atoms with E-state index in [1.807, 2.05) is 42.5 Å². The number of nitrogens with one attached hydrogen (secondary N) is 1. The summed E-state index contributed by atoms with van der Waals surface area (Å²) in [7, 11) is 0. The van der Waals surface area contributed by atoms with Gasteiger partial charge in [-0.25, -0.2) is 0 Å². The molecule has 1 amide bonds. The molecule has 0 aliphatic heterocycles. The van der Waals surface area contributed by atoms with Gasteiger partial charge in [-0.05, 0) is 54.4 Å². The van der Waals surface area contributed by atoms with Crippen LogP contribution in [0.4, 0.5) is 5.69 Å². The van der Waals surface area contributed by atoms with Crippen molar-refractivity contribution in [3.8, 4) is 0 Å². The van der Waals surface area contributed by atoms with Gasteiger partial charge in [-0.1, -0.05) is 42.5 Å². The lowest BCUT2D eigenvalue weighted by atomic mass is 10.0. The van der Waals surface area contributed by atoms with Crippen LogP contribution in [0.25, 0.3) is 10.8 Å². The van der Waals surface area contributed by atoms with Crippen LogP contribution in [0.5, 0.6) is 0 Å². The Balaban J connectivity index is 1.60. The molecule has 0 radical (unpaired) electrons. The number of anilines is 1. The van der Waals surface area contributed by atoms with E-state index in [0.29, 0.717) is 11.3 Å². The highest BCUT2D eigenvalue weighted by molar-refractivity contribution is 5.97. The maximum atomic E-state index is 12.3. The molecular weight excluding hydrogens is 354 g/mol. The van der Waals surface area contributed by atoms with Crippen LogP contribution in [0.15, 0.2) is 66.7 Å². The van der Waals surface area contributed by atoms with Gasteiger partial charge in [0.15, 0.2) is 11.9 Å². The SMILES string of the molecule is CC(=O)c1ccc(NC(=O)C(C)OC(=O)Cc2cccc3ccccc23)cc1. The summed E-state index contributed by atoms with van der Waals surface area (Å²) in [4.78, 5) is 35.9. The highest BCUT2D eigenvalue weighted by Crippen LogP contribution is 2.19. The molecule has 142 valence electrons. The lowest BCUT2D eigenvalue weighted by Gasteiger charge is -2.14. The molecule has 0 aromatic heterocycles. The zero-order valence-corrected chi connectivity index (χ0v) is 15.8. The number of carbonyl (C=O) groups excluding carboxylic acids is 3. The Hall–Kier alpha value is -3.47. The minimum absolute atomic E-state index is 0.0476. The van der Waals surface area contributed by atoms with E-state index in [0.717, 1.165) is 16.3 Å². The number of benzene rings is 3. The number of carbonyl (C=O) groups is 3. The molecular formula is C23H21NO4. The van der Waals surface area contributed by atoms with E-state index in [2.05, 4.69) is 5.32 Å². The van der Waals surface area contributed by atoms with E-state index < -0.39 is 18.0 Å². The lowest BCUT2D eigenvalue weighted by Crippen LogP contribution is -2.30. The minimum atomic E-state index is -0.935. The molecule has 0 saturated heterocycles. The maximum absolute atomic E-state index is 12.3. The van der Waals surface area contributed by atoms with Crippen molar-refractivity contribution < 1.29 is 19.1 Å². The quantitative estimate of drug-likeness (QED) is 0.519. The Morgan fingerprint density at radius 1 is 0.929 bits per heavy atom. The number of fused-ring (bicyclic) bond motifs is 1. The van der Waals surface area contributed by atoms with Gasteiger partial charge in [0.25, 0.3) is 5.91 Å². The Kier molecular flexibility index (Phi) is 5.84. The molecule has 0 fully saturated rings. The molecule has 5 nitrogen and oxygen atoms in total. The van der Waals surface area contributed by atoms with Crippen LogP contribution in [-0.4, -0.2) is 23.8 Å². The number of hydrogen-bond acceptors (Lipinski definition) is 4. The topological polar surface area (TPSA) is 72.5 Å². The van der Waals surface area contributed by atoms with E-state index in [9.17, 15) is 14.4 Å². The minimum Gasteiger partial charge on any atom is -0.452 e. The number of hydrogen-bond donors (Lipinski definition) is 1. The van der Waals surface area contributed by atoms with E-state index in [-0.39, 0.29) is 12.2 Å². The van der Waals surface area contributed by atoms with E-state index in [1.165, 1.54) is 13.8 Å². The average molecular weight is 375 g/mol. The normalized spacial score (nSPS) is 11.6. The molecule has 1 N–H and O–H groups in total. The van der Waals surface area contributed by atoms with Crippen LogP contribution in [-0.2, 0) is 20.7 Å². The van der Waals surface area contributed by atoms with E-state index >= 15 is 0 Å². The second-order valence-corrected chi connectivity index (χ2v) is 6.57. The first-order chi connectivity index (χ1) is 13.4. The van der Waals surface area contributed by atoms with Crippen molar-refractivity contribution in [1.82, 2.24) is 0 Å². The predicted octanol–water partition coefficient (Wildman–Crippen LogP) is 4.16. The summed E-state index contributed by atoms with van der Waals surface area (Å²) < 4.78 is 5.29. The summed E-state index contributed by atoms with van der Waals surface area (Å²) in [5.74, 6) is -0.943. The molecule has 1 atom stereocenters. The Morgan fingerprint density at radius 3 is 2.32 bits per heavy atom. The second kappa shape index (κ2) is 8.48. The molecule has 0 saturated carbocycles. The third kappa shape index (κ3) is 4.62. The fraction of sp³-hybridized carbons (Fsp3) is 0.174. The zero-order chi connectivity index (χ0) is 20.1. The van der Waals surface area contributed by atoms with Crippen LogP contribution >= 0.6 is 0 Å². The van der Waals surface area contributed by atoms with Crippen LogP contribution in [0.3, 0.4) is 0 Å². The highest BCUT2D eigenvalue weighted by Gasteiger charge is 2.19. The largest absolute Gasteiger partial charge is 0.452 e. The molecule has 0 bridgehead atoms. The molecule has 5 heteroatoms. The molecule has 0 aliphatic rings. The van der Waals surface area contributed by atoms with Gasteiger partial charge in [0.1, 0.15) is 0 Å². The third-order valence-corrected chi connectivity index (χ3v) is 4.45. The van der Waals surface area contributed by atoms with Crippen molar-refractivity contribution in [2.75, 3.05) is 5.32 Å². The van der Waals surface area contributed by atoms with Crippen molar-refractivity contribution >= 4 is 34.1 Å². The molecule has 1 unspecified atom stereocenters. The first-order valence-electron chi connectivity index (χ1n) is 9.02. The Labute approximate surface area is 163 Å². The second-order valence-electron chi connectivity index (χ2n) is 6.57. The first-order valence-corrected chi connectivity index (χ1v) is 9.02. The fourth-order valence-corrected chi connectivity index (χ4v) is 2.93. The third-order valence-electron chi connectivity index (χ3n) is 4.45. The van der Waals surface area contributed by atoms with Gasteiger partial charge in [0.2, 0.25) is 0 Å².